The number of carbonyl (C=O) groups excluding carboxylic acids is 1. The molecule has 0 aliphatic rings. The Kier molecular flexibility index (Phi) is 5.94. The van der Waals surface area contributed by atoms with Crippen LogP contribution < -0.4 is 10.2 Å². The van der Waals surface area contributed by atoms with Gasteiger partial charge in [-0.1, -0.05) is 18.2 Å². The molecule has 0 saturated heterocycles. The van der Waals surface area contributed by atoms with E-state index in [9.17, 15) is 14.9 Å². The second-order valence-electron chi connectivity index (χ2n) is 5.97. The van der Waals surface area contributed by atoms with E-state index in [1.165, 1.54) is 12.1 Å². The van der Waals surface area contributed by atoms with E-state index < -0.39 is 4.92 Å². The van der Waals surface area contributed by atoms with Gasteiger partial charge >= 0.3 is 0 Å². The summed E-state index contributed by atoms with van der Waals surface area (Å²) >= 11 is 0. The quantitative estimate of drug-likeness (QED) is 0.618. The molecule has 2 rings (SSSR count). The average molecular weight is 342 g/mol. The Bertz CT molecular complexity index is 744. The largest absolute Gasteiger partial charge is 0.378 e. The number of amides is 1. The van der Waals surface area contributed by atoms with Crippen LogP contribution in [0.4, 0.5) is 17.1 Å². The third-order valence-corrected chi connectivity index (χ3v) is 3.80. The predicted molar refractivity (Wildman–Crippen MR) is 98.8 cm³/mol. The number of benzene rings is 2. The summed E-state index contributed by atoms with van der Waals surface area (Å²) in [5.41, 5.74) is 2.68. The van der Waals surface area contributed by atoms with E-state index >= 15 is 0 Å². The maximum Gasteiger partial charge on any atom is 0.271 e. The lowest BCUT2D eigenvalue weighted by molar-refractivity contribution is -0.384. The molecule has 7 heteroatoms. The van der Waals surface area contributed by atoms with Crippen LogP contribution in [0.15, 0.2) is 48.5 Å². The first-order valence-electron chi connectivity index (χ1n) is 7.85. The van der Waals surface area contributed by atoms with Crippen LogP contribution in [0.5, 0.6) is 0 Å². The maximum absolute atomic E-state index is 12.2. The van der Waals surface area contributed by atoms with E-state index in [-0.39, 0.29) is 18.1 Å². The van der Waals surface area contributed by atoms with Crippen LogP contribution in [0.3, 0.4) is 0 Å². The number of anilines is 2. The number of nitro benzene ring substituents is 1. The fraction of sp³-hybridized carbons (Fsp3) is 0.278. The summed E-state index contributed by atoms with van der Waals surface area (Å²) in [7, 11) is 5.69. The Morgan fingerprint density at radius 2 is 1.80 bits per heavy atom. The Morgan fingerprint density at radius 1 is 1.12 bits per heavy atom. The van der Waals surface area contributed by atoms with Gasteiger partial charge < -0.3 is 15.1 Å². The molecule has 0 aromatic heterocycles. The first-order valence-corrected chi connectivity index (χ1v) is 7.85. The number of carbonyl (C=O) groups is 1. The molecule has 0 radical (unpaired) electrons. The third kappa shape index (κ3) is 5.20. The van der Waals surface area contributed by atoms with Gasteiger partial charge in [0.1, 0.15) is 0 Å². The minimum Gasteiger partial charge on any atom is -0.378 e. The number of nitro groups is 1. The summed E-state index contributed by atoms with van der Waals surface area (Å²) in [6.45, 7) is 0.580. The number of rotatable bonds is 7. The van der Waals surface area contributed by atoms with Crippen LogP contribution in [-0.2, 0) is 11.3 Å². The zero-order valence-electron chi connectivity index (χ0n) is 14.6. The van der Waals surface area contributed by atoms with Gasteiger partial charge in [0.05, 0.1) is 11.5 Å². The fourth-order valence-electron chi connectivity index (χ4n) is 2.30. The number of hydrogen-bond donors (Lipinski definition) is 1. The first-order chi connectivity index (χ1) is 11.9. The molecule has 0 atom stereocenters. The van der Waals surface area contributed by atoms with Gasteiger partial charge in [0.25, 0.3) is 5.69 Å². The highest BCUT2D eigenvalue weighted by molar-refractivity contribution is 5.80. The molecular formula is C18H22N4O3. The van der Waals surface area contributed by atoms with Crippen molar-refractivity contribution in [3.8, 4) is 0 Å². The van der Waals surface area contributed by atoms with E-state index in [1.807, 2.05) is 43.3 Å². The molecule has 2 aromatic carbocycles. The van der Waals surface area contributed by atoms with Gasteiger partial charge in [0.2, 0.25) is 5.91 Å². The van der Waals surface area contributed by atoms with Crippen LogP contribution in [0.2, 0.25) is 0 Å². The van der Waals surface area contributed by atoms with Gasteiger partial charge in [-0.2, -0.15) is 0 Å². The molecular weight excluding hydrogens is 320 g/mol. The molecule has 0 heterocycles. The zero-order valence-corrected chi connectivity index (χ0v) is 14.6. The highest BCUT2D eigenvalue weighted by Crippen LogP contribution is 2.17. The molecule has 0 aliphatic carbocycles. The van der Waals surface area contributed by atoms with Crippen LogP contribution in [0.1, 0.15) is 5.56 Å². The van der Waals surface area contributed by atoms with Crippen LogP contribution in [0, 0.1) is 10.1 Å². The summed E-state index contributed by atoms with van der Waals surface area (Å²) in [5, 5.41) is 13.7. The van der Waals surface area contributed by atoms with Gasteiger partial charge in [-0.15, -0.1) is 0 Å². The molecule has 2 aromatic rings. The fourth-order valence-corrected chi connectivity index (χ4v) is 2.30. The van der Waals surface area contributed by atoms with E-state index in [2.05, 4.69) is 5.32 Å². The van der Waals surface area contributed by atoms with Crippen molar-refractivity contribution < 1.29 is 9.72 Å². The molecule has 1 amide bonds. The second kappa shape index (κ2) is 8.14. The van der Waals surface area contributed by atoms with E-state index in [1.54, 1.807) is 24.1 Å². The summed E-state index contributed by atoms with van der Waals surface area (Å²) in [4.78, 5) is 26.2. The first kappa shape index (κ1) is 18.3. The van der Waals surface area contributed by atoms with Crippen molar-refractivity contribution in [1.29, 1.82) is 0 Å². The number of likely N-dealkylation sites (N-methyl/N-ethyl adjacent to an activating group) is 1. The van der Waals surface area contributed by atoms with Crippen molar-refractivity contribution in [3.63, 3.8) is 0 Å². The zero-order chi connectivity index (χ0) is 18.4. The van der Waals surface area contributed by atoms with Crippen molar-refractivity contribution in [2.24, 2.45) is 0 Å². The molecule has 132 valence electrons. The predicted octanol–water partition coefficient (Wildman–Crippen LogP) is 2.73. The smallest absolute Gasteiger partial charge is 0.271 e. The molecule has 0 aliphatic heterocycles. The molecule has 0 spiro atoms. The monoisotopic (exact) mass is 342 g/mol. The lowest BCUT2D eigenvalue weighted by atomic mass is 10.2. The van der Waals surface area contributed by atoms with Crippen LogP contribution >= 0.6 is 0 Å². The summed E-state index contributed by atoms with van der Waals surface area (Å²) in [6, 6.07) is 14.1. The Hall–Kier alpha value is -3.09. The lowest BCUT2D eigenvalue weighted by Gasteiger charge is -2.19. The Balaban J connectivity index is 1.89. The molecule has 7 nitrogen and oxygen atoms in total. The number of hydrogen-bond acceptors (Lipinski definition) is 5. The van der Waals surface area contributed by atoms with E-state index in [0.29, 0.717) is 12.2 Å². The minimum atomic E-state index is -0.462. The third-order valence-electron chi connectivity index (χ3n) is 3.80. The van der Waals surface area contributed by atoms with Crippen molar-refractivity contribution in [3.05, 3.63) is 64.2 Å². The highest BCUT2D eigenvalue weighted by atomic mass is 16.6. The SMILES string of the molecule is CN(Cc1ccc(N(C)C)cc1)C(=O)CNc1cccc([N+](=O)[O-])c1. The van der Waals surface area contributed by atoms with Crippen molar-refractivity contribution >= 4 is 23.0 Å². The average Bonchev–Trinajstić information content (AvgIpc) is 2.60. The van der Waals surface area contributed by atoms with Crippen LogP contribution in [0.25, 0.3) is 0 Å². The summed E-state index contributed by atoms with van der Waals surface area (Å²) in [6.07, 6.45) is 0. The molecule has 1 N–H and O–H groups in total. The molecule has 0 saturated carbocycles. The maximum atomic E-state index is 12.2. The van der Waals surface area contributed by atoms with Gasteiger partial charge in [-0.3, -0.25) is 14.9 Å². The highest BCUT2D eigenvalue weighted by Gasteiger charge is 2.11. The van der Waals surface area contributed by atoms with Crippen molar-refractivity contribution in [2.45, 2.75) is 6.54 Å². The standard InChI is InChI=1S/C18H22N4O3/c1-20(2)16-9-7-14(8-10-16)13-21(3)18(23)12-19-15-5-4-6-17(11-15)22(24)25/h4-11,19H,12-13H2,1-3H3. The van der Waals surface area contributed by atoms with Crippen LogP contribution in [-0.4, -0.2) is 43.4 Å². The van der Waals surface area contributed by atoms with Gasteiger partial charge in [-0.05, 0) is 23.8 Å². The molecule has 0 unspecified atom stereocenters. The minimum absolute atomic E-state index is 0.00761. The molecule has 25 heavy (non-hydrogen) atoms. The van der Waals surface area contributed by atoms with E-state index in [4.69, 9.17) is 0 Å². The summed E-state index contributed by atoms with van der Waals surface area (Å²) in [5.74, 6) is -0.0943. The second-order valence-corrected chi connectivity index (χ2v) is 5.97. The van der Waals surface area contributed by atoms with Crippen molar-refractivity contribution in [2.75, 3.05) is 37.9 Å². The lowest BCUT2D eigenvalue weighted by Crippen LogP contribution is -2.31. The topological polar surface area (TPSA) is 78.7 Å². The Labute approximate surface area is 147 Å². The van der Waals surface area contributed by atoms with Gasteiger partial charge in [0.15, 0.2) is 0 Å². The number of nitrogens with zero attached hydrogens (tertiary/aromatic N) is 3. The number of non-ortho nitro benzene ring substituents is 1. The van der Waals surface area contributed by atoms with E-state index in [0.717, 1.165) is 11.3 Å². The normalized spacial score (nSPS) is 10.2. The van der Waals surface area contributed by atoms with Gasteiger partial charge in [-0.25, -0.2) is 0 Å². The summed E-state index contributed by atoms with van der Waals surface area (Å²) < 4.78 is 0. The van der Waals surface area contributed by atoms with Gasteiger partial charge in [0, 0.05) is 51.2 Å². The molecule has 0 bridgehead atoms. The van der Waals surface area contributed by atoms with Crippen molar-refractivity contribution in [1.82, 2.24) is 4.90 Å². The molecule has 0 fully saturated rings. The number of nitrogens with one attached hydrogen (secondary N) is 1. The Morgan fingerprint density at radius 3 is 2.40 bits per heavy atom.